The molecule has 8 nitrogen and oxygen atoms in total. The molecule has 0 bridgehead atoms. The molecular formula is C18H17N3O5S3. The minimum absolute atomic E-state index is 0.0369. The van der Waals surface area contributed by atoms with Crippen molar-refractivity contribution >= 4 is 52.5 Å². The molecule has 1 aliphatic heterocycles. The number of sulfonamides is 1. The molecular weight excluding hydrogens is 434 g/mol. The van der Waals surface area contributed by atoms with E-state index in [1.807, 2.05) is 24.3 Å². The van der Waals surface area contributed by atoms with E-state index in [9.17, 15) is 21.6 Å². The summed E-state index contributed by atoms with van der Waals surface area (Å²) in [6.45, 7) is 0. The summed E-state index contributed by atoms with van der Waals surface area (Å²) in [5, 5.41) is 3.10. The highest BCUT2D eigenvalue weighted by atomic mass is 32.2. The Kier molecular flexibility index (Phi) is 5.15. The van der Waals surface area contributed by atoms with Gasteiger partial charge < -0.3 is 0 Å². The molecule has 3 aromatic rings. The van der Waals surface area contributed by atoms with Crippen LogP contribution in [-0.4, -0.2) is 45.3 Å². The van der Waals surface area contributed by atoms with Crippen LogP contribution in [0.2, 0.25) is 0 Å². The van der Waals surface area contributed by atoms with Crippen molar-refractivity contribution in [2.75, 3.05) is 16.8 Å². The Morgan fingerprint density at radius 1 is 1.14 bits per heavy atom. The Labute approximate surface area is 171 Å². The zero-order valence-corrected chi connectivity index (χ0v) is 17.5. The van der Waals surface area contributed by atoms with Crippen molar-refractivity contribution in [3.05, 3.63) is 54.1 Å². The van der Waals surface area contributed by atoms with Crippen LogP contribution in [-0.2, 0) is 19.9 Å². The Morgan fingerprint density at radius 2 is 1.93 bits per heavy atom. The second kappa shape index (κ2) is 7.48. The highest BCUT2D eigenvalue weighted by Gasteiger charge is 2.31. The molecule has 11 heteroatoms. The van der Waals surface area contributed by atoms with Crippen molar-refractivity contribution in [2.24, 2.45) is 0 Å². The van der Waals surface area contributed by atoms with Crippen LogP contribution in [0.5, 0.6) is 0 Å². The maximum absolute atomic E-state index is 12.6. The average molecular weight is 452 g/mol. The first-order valence-corrected chi connectivity index (χ1v) is 12.8. The van der Waals surface area contributed by atoms with Gasteiger partial charge in [0.2, 0.25) is 10.0 Å². The van der Waals surface area contributed by atoms with E-state index in [4.69, 9.17) is 0 Å². The molecule has 1 aromatic heterocycles. The van der Waals surface area contributed by atoms with E-state index in [1.54, 1.807) is 0 Å². The number of benzene rings is 2. The minimum atomic E-state index is -3.95. The average Bonchev–Trinajstić information content (AvgIpc) is 3.23. The lowest BCUT2D eigenvalue weighted by Crippen LogP contribution is -2.35. The zero-order chi connectivity index (χ0) is 20.6. The number of thiazole rings is 1. The topological polar surface area (TPSA) is 122 Å². The summed E-state index contributed by atoms with van der Waals surface area (Å²) in [5.41, 5.74) is 0.922. The molecule has 0 spiro atoms. The molecule has 152 valence electrons. The van der Waals surface area contributed by atoms with Crippen LogP contribution in [0.4, 0.5) is 5.13 Å². The van der Waals surface area contributed by atoms with Gasteiger partial charge >= 0.3 is 0 Å². The molecule has 29 heavy (non-hydrogen) atoms. The van der Waals surface area contributed by atoms with Crippen molar-refractivity contribution < 1.29 is 21.6 Å². The number of carbonyl (C=O) groups is 1. The summed E-state index contributed by atoms with van der Waals surface area (Å²) in [6.07, 6.45) is 0.235. The number of amides is 1. The molecule has 0 saturated carbocycles. The Bertz CT molecular complexity index is 1270. The van der Waals surface area contributed by atoms with Gasteiger partial charge in [0.05, 0.1) is 26.6 Å². The van der Waals surface area contributed by atoms with Crippen molar-refractivity contribution in [3.63, 3.8) is 0 Å². The Morgan fingerprint density at radius 3 is 2.66 bits per heavy atom. The van der Waals surface area contributed by atoms with E-state index in [2.05, 4.69) is 15.0 Å². The Hall–Kier alpha value is -2.34. The van der Waals surface area contributed by atoms with Crippen molar-refractivity contribution in [1.29, 1.82) is 0 Å². The summed E-state index contributed by atoms with van der Waals surface area (Å²) in [4.78, 5) is 16.8. The summed E-state index contributed by atoms with van der Waals surface area (Å²) >= 11 is 1.32. The molecule has 4 rings (SSSR count). The molecule has 2 N–H and O–H groups in total. The van der Waals surface area contributed by atoms with Crippen LogP contribution >= 0.6 is 11.3 Å². The summed E-state index contributed by atoms with van der Waals surface area (Å²) in [6, 6.07) is 12.4. The van der Waals surface area contributed by atoms with Crippen LogP contribution in [0.3, 0.4) is 0 Å². The highest BCUT2D eigenvalue weighted by Crippen LogP contribution is 2.26. The van der Waals surface area contributed by atoms with E-state index in [-0.39, 0.29) is 28.4 Å². The first kappa shape index (κ1) is 20.0. The van der Waals surface area contributed by atoms with Gasteiger partial charge in [-0.2, -0.15) is 0 Å². The van der Waals surface area contributed by atoms with Gasteiger partial charge in [-0.3, -0.25) is 10.1 Å². The first-order chi connectivity index (χ1) is 13.7. The standard InChI is InChI=1S/C18H17N3O5S3/c22-17(20-18-19-15-6-1-2-7-16(15)27-18)12-4-3-5-14(10-12)29(25,26)21-13-8-9-28(23,24)11-13/h1-7,10,13,21H,8-9,11H2,(H,19,20,22). The Balaban J connectivity index is 1.52. The second-order valence-electron chi connectivity index (χ2n) is 6.69. The number of aromatic nitrogens is 1. The fourth-order valence-corrected chi connectivity index (χ4v) is 7.03. The number of sulfone groups is 1. The van der Waals surface area contributed by atoms with Crippen LogP contribution in [0.25, 0.3) is 10.2 Å². The lowest BCUT2D eigenvalue weighted by atomic mass is 10.2. The summed E-state index contributed by atoms with van der Waals surface area (Å²) in [5.74, 6) is -0.737. The quantitative estimate of drug-likeness (QED) is 0.612. The predicted molar refractivity (Wildman–Crippen MR) is 111 cm³/mol. The van der Waals surface area contributed by atoms with E-state index >= 15 is 0 Å². The molecule has 1 saturated heterocycles. The van der Waals surface area contributed by atoms with Crippen LogP contribution in [0.15, 0.2) is 53.4 Å². The molecule has 1 atom stereocenters. The molecule has 1 aliphatic rings. The molecule has 0 radical (unpaired) electrons. The lowest BCUT2D eigenvalue weighted by Gasteiger charge is -2.12. The fraction of sp³-hybridized carbons (Fsp3) is 0.222. The number of fused-ring (bicyclic) bond motifs is 1. The highest BCUT2D eigenvalue weighted by molar-refractivity contribution is 7.92. The van der Waals surface area contributed by atoms with Gasteiger partial charge in [-0.05, 0) is 36.8 Å². The van der Waals surface area contributed by atoms with E-state index in [1.165, 1.54) is 35.6 Å². The third-order valence-corrected chi connectivity index (χ3v) is 8.71. The minimum Gasteiger partial charge on any atom is -0.298 e. The number of rotatable bonds is 5. The number of hydrogen-bond acceptors (Lipinski definition) is 7. The van der Waals surface area contributed by atoms with Gasteiger partial charge in [0, 0.05) is 11.6 Å². The monoisotopic (exact) mass is 451 g/mol. The normalized spacial score (nSPS) is 18.7. The molecule has 1 amide bonds. The molecule has 0 aliphatic carbocycles. The molecule has 2 heterocycles. The number of nitrogens with zero attached hydrogens (tertiary/aromatic N) is 1. The van der Waals surface area contributed by atoms with Crippen molar-refractivity contribution in [2.45, 2.75) is 17.4 Å². The number of para-hydroxylation sites is 1. The SMILES string of the molecule is O=C(Nc1nc2ccccc2s1)c1cccc(S(=O)(=O)NC2CCS(=O)(=O)C2)c1. The fourth-order valence-electron chi connectivity index (χ4n) is 3.07. The molecule has 1 unspecified atom stereocenters. The van der Waals surface area contributed by atoms with Gasteiger partial charge in [-0.15, -0.1) is 0 Å². The molecule has 1 fully saturated rings. The van der Waals surface area contributed by atoms with Crippen LogP contribution < -0.4 is 10.0 Å². The number of hydrogen-bond donors (Lipinski definition) is 2. The van der Waals surface area contributed by atoms with Gasteiger partial charge in [0.25, 0.3) is 5.91 Å². The summed E-state index contributed by atoms with van der Waals surface area (Å²) < 4.78 is 51.6. The van der Waals surface area contributed by atoms with Gasteiger partial charge in [-0.25, -0.2) is 26.5 Å². The van der Waals surface area contributed by atoms with E-state index in [0.717, 1.165) is 10.2 Å². The maximum Gasteiger partial charge on any atom is 0.257 e. The van der Waals surface area contributed by atoms with E-state index in [0.29, 0.717) is 5.13 Å². The largest absolute Gasteiger partial charge is 0.298 e. The third-order valence-electron chi connectivity index (χ3n) is 4.48. The summed E-state index contributed by atoms with van der Waals surface area (Å²) in [7, 11) is -7.17. The zero-order valence-electron chi connectivity index (χ0n) is 15.0. The van der Waals surface area contributed by atoms with E-state index < -0.39 is 31.8 Å². The number of nitrogens with one attached hydrogen (secondary N) is 2. The van der Waals surface area contributed by atoms with Gasteiger partial charge in [0.1, 0.15) is 0 Å². The number of anilines is 1. The third kappa shape index (κ3) is 4.47. The lowest BCUT2D eigenvalue weighted by molar-refractivity contribution is 0.102. The molecule has 2 aromatic carbocycles. The van der Waals surface area contributed by atoms with Gasteiger partial charge in [-0.1, -0.05) is 29.5 Å². The second-order valence-corrected chi connectivity index (χ2v) is 11.7. The van der Waals surface area contributed by atoms with Crippen LogP contribution in [0.1, 0.15) is 16.8 Å². The number of carbonyl (C=O) groups excluding carboxylic acids is 1. The van der Waals surface area contributed by atoms with Crippen molar-refractivity contribution in [1.82, 2.24) is 9.71 Å². The maximum atomic E-state index is 12.6. The smallest absolute Gasteiger partial charge is 0.257 e. The van der Waals surface area contributed by atoms with Crippen LogP contribution in [0, 0.1) is 0 Å². The van der Waals surface area contributed by atoms with Gasteiger partial charge in [0.15, 0.2) is 15.0 Å². The van der Waals surface area contributed by atoms with Crippen molar-refractivity contribution in [3.8, 4) is 0 Å². The first-order valence-electron chi connectivity index (χ1n) is 8.72. The predicted octanol–water partition coefficient (Wildman–Crippen LogP) is 2.01.